The fourth-order valence-corrected chi connectivity index (χ4v) is 2.56. The zero-order valence-electron chi connectivity index (χ0n) is 13.8. The molecule has 2 aromatic rings. The molecule has 8 heteroatoms. The summed E-state index contributed by atoms with van der Waals surface area (Å²) in [6.45, 7) is 3.81. The maximum atomic E-state index is 10.8. The molecule has 0 heterocycles. The van der Waals surface area contributed by atoms with Gasteiger partial charge in [0.15, 0.2) is 0 Å². The molecule has 0 bridgehead atoms. The van der Waals surface area contributed by atoms with E-state index >= 15 is 0 Å². The van der Waals surface area contributed by atoms with Crippen LogP contribution >= 0.6 is 0 Å². The Kier molecular flexibility index (Phi) is 6.16. The summed E-state index contributed by atoms with van der Waals surface area (Å²) in [5.74, 6) is 0. The van der Waals surface area contributed by atoms with Gasteiger partial charge in [0.05, 0.1) is 22.1 Å². The van der Waals surface area contributed by atoms with Crippen LogP contribution in [0.15, 0.2) is 60.7 Å². The van der Waals surface area contributed by atoms with Gasteiger partial charge in [0.1, 0.15) is 0 Å². The summed E-state index contributed by atoms with van der Waals surface area (Å²) in [7, 11) is 0. The quantitative estimate of drug-likeness (QED) is 0.421. The van der Waals surface area contributed by atoms with Crippen LogP contribution in [0, 0.1) is 20.2 Å². The summed E-state index contributed by atoms with van der Waals surface area (Å²) in [5, 5.41) is 42.1. The Bertz CT molecular complexity index is 768. The lowest BCUT2D eigenvalue weighted by Crippen LogP contribution is -2.04. The molecular formula is C18H18N2O6. The number of rotatable bonds is 8. The van der Waals surface area contributed by atoms with Crippen LogP contribution in [-0.4, -0.2) is 20.1 Å². The fourth-order valence-electron chi connectivity index (χ4n) is 2.56. The smallest absolute Gasteiger partial charge is 0.269 e. The molecule has 8 nitrogen and oxygen atoms in total. The Morgan fingerprint density at radius 3 is 1.62 bits per heavy atom. The third-order valence-electron chi connectivity index (χ3n) is 3.90. The van der Waals surface area contributed by atoms with Crippen molar-refractivity contribution in [3.05, 3.63) is 92.0 Å². The second kappa shape index (κ2) is 8.32. The van der Waals surface area contributed by atoms with E-state index in [1.165, 1.54) is 36.4 Å². The molecular weight excluding hydrogens is 340 g/mol. The minimum absolute atomic E-state index is 0.104. The molecule has 2 rings (SSSR count). The summed E-state index contributed by atoms with van der Waals surface area (Å²) in [6, 6.07) is 11.3. The molecule has 0 amide bonds. The van der Waals surface area contributed by atoms with Gasteiger partial charge >= 0.3 is 0 Å². The van der Waals surface area contributed by atoms with Crippen molar-refractivity contribution in [2.24, 2.45) is 0 Å². The highest BCUT2D eigenvalue weighted by Gasteiger charge is 2.17. The molecule has 0 fully saturated rings. The summed E-state index contributed by atoms with van der Waals surface area (Å²) in [4.78, 5) is 20.5. The van der Waals surface area contributed by atoms with Crippen LogP contribution < -0.4 is 0 Å². The van der Waals surface area contributed by atoms with E-state index in [0.29, 0.717) is 16.7 Å². The predicted octanol–water partition coefficient (Wildman–Crippen LogP) is 3.61. The van der Waals surface area contributed by atoms with E-state index in [-0.39, 0.29) is 24.2 Å². The van der Waals surface area contributed by atoms with Crippen LogP contribution in [0.4, 0.5) is 11.4 Å². The molecule has 0 saturated heterocycles. The lowest BCUT2D eigenvalue weighted by molar-refractivity contribution is -0.385. The molecule has 2 aromatic carbocycles. The molecule has 136 valence electrons. The minimum Gasteiger partial charge on any atom is -0.388 e. The monoisotopic (exact) mass is 358 g/mol. The molecule has 0 aromatic heterocycles. The number of nitro benzene ring substituents is 2. The number of benzene rings is 2. The lowest BCUT2D eigenvalue weighted by Gasteiger charge is -2.16. The second-order valence-corrected chi connectivity index (χ2v) is 5.89. The van der Waals surface area contributed by atoms with Crippen LogP contribution in [0.5, 0.6) is 0 Å². The normalized spacial score (nSPS) is 13.0. The van der Waals surface area contributed by atoms with E-state index in [9.17, 15) is 30.4 Å². The third kappa shape index (κ3) is 4.95. The lowest BCUT2D eigenvalue weighted by atomic mass is 9.96. The highest BCUT2D eigenvalue weighted by Crippen LogP contribution is 2.29. The van der Waals surface area contributed by atoms with Gasteiger partial charge in [0.2, 0.25) is 0 Å². The van der Waals surface area contributed by atoms with Crippen molar-refractivity contribution >= 4 is 11.4 Å². The molecule has 0 spiro atoms. The average Bonchev–Trinajstić information content (AvgIpc) is 2.61. The maximum Gasteiger partial charge on any atom is 0.269 e. The van der Waals surface area contributed by atoms with E-state index in [4.69, 9.17) is 0 Å². The van der Waals surface area contributed by atoms with Crippen LogP contribution in [-0.2, 0) is 0 Å². The standard InChI is InChI=1S/C18H18N2O6/c1-12(8-17(21)13-4-2-6-15(10-13)19(23)24)9-18(22)14-5-3-7-16(11-14)20(25)26/h2-7,10-11,17-18,21-22H,1,8-9H2/t17-,18-/m1/s1. The molecule has 2 atom stereocenters. The number of aliphatic hydroxyl groups excluding tert-OH is 2. The van der Waals surface area contributed by atoms with E-state index in [1.807, 2.05) is 0 Å². The minimum atomic E-state index is -1.00. The SMILES string of the molecule is C=C(C[C@@H](O)c1cccc([N+](=O)[O-])c1)C[C@@H](O)c1cccc([N+](=O)[O-])c1. The maximum absolute atomic E-state index is 10.8. The zero-order chi connectivity index (χ0) is 19.3. The van der Waals surface area contributed by atoms with Gasteiger partial charge in [-0.25, -0.2) is 0 Å². The van der Waals surface area contributed by atoms with Crippen molar-refractivity contribution in [3.63, 3.8) is 0 Å². The second-order valence-electron chi connectivity index (χ2n) is 5.89. The van der Waals surface area contributed by atoms with Crippen molar-refractivity contribution in [3.8, 4) is 0 Å². The first-order valence-electron chi connectivity index (χ1n) is 7.79. The largest absolute Gasteiger partial charge is 0.388 e. The molecule has 0 unspecified atom stereocenters. The van der Waals surface area contributed by atoms with Gasteiger partial charge < -0.3 is 10.2 Å². The van der Waals surface area contributed by atoms with Crippen LogP contribution in [0.2, 0.25) is 0 Å². The Labute approximate surface area is 149 Å². The number of non-ortho nitro benzene ring substituents is 2. The van der Waals surface area contributed by atoms with Crippen LogP contribution in [0.3, 0.4) is 0 Å². The first-order chi connectivity index (χ1) is 12.3. The molecule has 0 aliphatic carbocycles. The van der Waals surface area contributed by atoms with E-state index in [2.05, 4.69) is 6.58 Å². The predicted molar refractivity (Wildman–Crippen MR) is 94.5 cm³/mol. The number of hydrogen-bond acceptors (Lipinski definition) is 6. The van der Waals surface area contributed by atoms with Crippen molar-refractivity contribution in [2.45, 2.75) is 25.0 Å². The number of hydrogen-bond donors (Lipinski definition) is 2. The number of aliphatic hydroxyl groups is 2. The van der Waals surface area contributed by atoms with Crippen molar-refractivity contribution in [1.82, 2.24) is 0 Å². The highest BCUT2D eigenvalue weighted by molar-refractivity contribution is 5.37. The topological polar surface area (TPSA) is 127 Å². The summed E-state index contributed by atoms with van der Waals surface area (Å²) in [5.41, 5.74) is 1.03. The number of nitro groups is 2. The van der Waals surface area contributed by atoms with Gasteiger partial charge in [-0.1, -0.05) is 36.4 Å². The molecule has 0 saturated carbocycles. The van der Waals surface area contributed by atoms with Gasteiger partial charge in [0.25, 0.3) is 11.4 Å². The molecule has 0 radical (unpaired) electrons. The van der Waals surface area contributed by atoms with Gasteiger partial charge in [-0.2, -0.15) is 0 Å². The highest BCUT2D eigenvalue weighted by atomic mass is 16.6. The van der Waals surface area contributed by atoms with Gasteiger partial charge in [-0.15, -0.1) is 0 Å². The first-order valence-corrected chi connectivity index (χ1v) is 7.79. The van der Waals surface area contributed by atoms with Crippen LogP contribution in [0.25, 0.3) is 0 Å². The third-order valence-corrected chi connectivity index (χ3v) is 3.90. The van der Waals surface area contributed by atoms with Crippen LogP contribution in [0.1, 0.15) is 36.2 Å². The Morgan fingerprint density at radius 2 is 1.27 bits per heavy atom. The summed E-state index contributed by atoms with van der Waals surface area (Å²) < 4.78 is 0. The zero-order valence-corrected chi connectivity index (χ0v) is 13.8. The van der Waals surface area contributed by atoms with Gasteiger partial charge in [-0.05, 0) is 24.0 Å². The molecule has 0 aliphatic heterocycles. The first kappa shape index (κ1) is 19.2. The fraction of sp³-hybridized carbons (Fsp3) is 0.222. The van der Waals surface area contributed by atoms with Crippen molar-refractivity contribution in [1.29, 1.82) is 0 Å². The average molecular weight is 358 g/mol. The Balaban J connectivity index is 2.01. The van der Waals surface area contributed by atoms with Crippen molar-refractivity contribution in [2.75, 3.05) is 0 Å². The van der Waals surface area contributed by atoms with Gasteiger partial charge in [0, 0.05) is 24.3 Å². The number of nitrogens with zero attached hydrogens (tertiary/aromatic N) is 2. The molecule has 2 N–H and O–H groups in total. The summed E-state index contributed by atoms with van der Waals surface area (Å²) >= 11 is 0. The summed E-state index contributed by atoms with van der Waals surface area (Å²) in [6.07, 6.45) is -1.79. The van der Waals surface area contributed by atoms with E-state index in [1.54, 1.807) is 12.1 Å². The van der Waals surface area contributed by atoms with Gasteiger partial charge in [-0.3, -0.25) is 20.2 Å². The van der Waals surface area contributed by atoms with E-state index < -0.39 is 22.1 Å². The van der Waals surface area contributed by atoms with Crippen molar-refractivity contribution < 1.29 is 20.1 Å². The Morgan fingerprint density at radius 1 is 0.885 bits per heavy atom. The molecule has 26 heavy (non-hydrogen) atoms. The molecule has 0 aliphatic rings. The van der Waals surface area contributed by atoms with E-state index in [0.717, 1.165) is 0 Å². The Hall–Kier alpha value is -3.10.